The Labute approximate surface area is 78.3 Å². The Hall–Kier alpha value is -1.50. The van der Waals surface area contributed by atoms with Crippen LogP contribution < -0.4 is 0 Å². The molecule has 0 aliphatic carbocycles. The number of hydrogen-bond acceptors (Lipinski definition) is 0. The van der Waals surface area contributed by atoms with Crippen molar-refractivity contribution in [3.05, 3.63) is 48.7 Å². The lowest BCUT2D eigenvalue weighted by molar-refractivity contribution is 0.960. The van der Waals surface area contributed by atoms with Gasteiger partial charge in [0, 0.05) is 13.2 Å². The molecule has 0 atom stereocenters. The van der Waals surface area contributed by atoms with Crippen molar-refractivity contribution in [1.29, 1.82) is 0 Å². The Morgan fingerprint density at radius 1 is 1.38 bits per heavy atom. The highest BCUT2D eigenvalue weighted by Crippen LogP contribution is 2.19. The van der Waals surface area contributed by atoms with E-state index in [9.17, 15) is 0 Å². The summed E-state index contributed by atoms with van der Waals surface area (Å²) >= 11 is 0. The third-order valence-corrected chi connectivity index (χ3v) is 2.35. The topological polar surface area (TPSA) is 4.93 Å². The van der Waals surface area contributed by atoms with Crippen LogP contribution in [0.15, 0.2) is 43.1 Å². The van der Waals surface area contributed by atoms with Crippen LogP contribution >= 0.6 is 0 Å². The summed E-state index contributed by atoms with van der Waals surface area (Å²) in [5.74, 6) is 0. The summed E-state index contributed by atoms with van der Waals surface area (Å²) in [6.07, 6.45) is 4.98. The van der Waals surface area contributed by atoms with E-state index in [0.717, 1.165) is 6.42 Å². The number of rotatable bonds is 2. The Bertz CT molecular complexity index is 437. The zero-order valence-electron chi connectivity index (χ0n) is 7.83. The van der Waals surface area contributed by atoms with Crippen LogP contribution in [-0.4, -0.2) is 4.57 Å². The van der Waals surface area contributed by atoms with E-state index in [1.807, 2.05) is 6.08 Å². The van der Waals surface area contributed by atoms with Gasteiger partial charge >= 0.3 is 0 Å². The molecular weight excluding hydrogens is 158 g/mol. The van der Waals surface area contributed by atoms with E-state index < -0.39 is 0 Å². The smallest absolute Gasteiger partial charge is 0.0513 e. The molecule has 0 saturated heterocycles. The third-order valence-electron chi connectivity index (χ3n) is 2.35. The normalized spacial score (nSPS) is 10.5. The van der Waals surface area contributed by atoms with Crippen molar-refractivity contribution in [2.75, 3.05) is 0 Å². The Morgan fingerprint density at radius 2 is 2.23 bits per heavy atom. The summed E-state index contributed by atoms with van der Waals surface area (Å²) in [5.41, 5.74) is 2.67. The Balaban J connectivity index is 2.72. The SMILES string of the molecule is C=CCc1cccc2ccn(C)c12. The van der Waals surface area contributed by atoms with Crippen molar-refractivity contribution in [2.45, 2.75) is 6.42 Å². The van der Waals surface area contributed by atoms with Crippen molar-refractivity contribution in [3.8, 4) is 0 Å². The van der Waals surface area contributed by atoms with Gasteiger partial charge in [0.25, 0.3) is 0 Å². The maximum atomic E-state index is 3.77. The predicted molar refractivity (Wildman–Crippen MR) is 56.8 cm³/mol. The predicted octanol–water partition coefficient (Wildman–Crippen LogP) is 2.91. The minimum atomic E-state index is 0.940. The van der Waals surface area contributed by atoms with Gasteiger partial charge in [0.1, 0.15) is 0 Å². The van der Waals surface area contributed by atoms with E-state index in [1.54, 1.807) is 0 Å². The second-order valence-electron chi connectivity index (χ2n) is 3.27. The molecule has 0 spiro atoms. The molecule has 0 fully saturated rings. The highest BCUT2D eigenvalue weighted by atomic mass is 14.9. The van der Waals surface area contributed by atoms with Gasteiger partial charge in [-0.05, 0) is 23.4 Å². The molecular formula is C12H13N. The van der Waals surface area contributed by atoms with Gasteiger partial charge in [-0.25, -0.2) is 0 Å². The van der Waals surface area contributed by atoms with Crippen molar-refractivity contribution in [1.82, 2.24) is 4.57 Å². The highest BCUT2D eigenvalue weighted by Gasteiger charge is 2.01. The molecule has 0 radical (unpaired) electrons. The molecule has 0 amide bonds. The summed E-state index contributed by atoms with van der Waals surface area (Å²) < 4.78 is 2.16. The van der Waals surface area contributed by atoms with E-state index in [4.69, 9.17) is 0 Å². The van der Waals surface area contributed by atoms with E-state index in [1.165, 1.54) is 16.5 Å². The van der Waals surface area contributed by atoms with Gasteiger partial charge in [-0.15, -0.1) is 6.58 Å². The summed E-state index contributed by atoms with van der Waals surface area (Å²) in [4.78, 5) is 0. The van der Waals surface area contributed by atoms with Crippen LogP contribution in [0, 0.1) is 0 Å². The monoisotopic (exact) mass is 171 g/mol. The lowest BCUT2D eigenvalue weighted by Gasteiger charge is -2.02. The Kier molecular flexibility index (Phi) is 1.93. The fourth-order valence-electron chi connectivity index (χ4n) is 1.76. The number of aryl methyl sites for hydroxylation is 1. The largest absolute Gasteiger partial charge is 0.350 e. The first-order chi connectivity index (χ1) is 6.33. The van der Waals surface area contributed by atoms with Gasteiger partial charge < -0.3 is 4.57 Å². The van der Waals surface area contributed by atoms with Crippen molar-refractivity contribution in [2.24, 2.45) is 7.05 Å². The quantitative estimate of drug-likeness (QED) is 0.612. The van der Waals surface area contributed by atoms with Gasteiger partial charge in [-0.2, -0.15) is 0 Å². The second-order valence-corrected chi connectivity index (χ2v) is 3.27. The first-order valence-corrected chi connectivity index (χ1v) is 4.47. The number of benzene rings is 1. The Morgan fingerprint density at radius 3 is 3.00 bits per heavy atom. The van der Waals surface area contributed by atoms with Crippen molar-refractivity contribution in [3.63, 3.8) is 0 Å². The molecule has 2 rings (SSSR count). The van der Waals surface area contributed by atoms with Crippen molar-refractivity contribution < 1.29 is 0 Å². The second kappa shape index (κ2) is 3.09. The van der Waals surface area contributed by atoms with Crippen LogP contribution in [0.5, 0.6) is 0 Å². The number of para-hydroxylation sites is 1. The summed E-state index contributed by atoms with van der Waals surface area (Å²) in [6, 6.07) is 8.54. The number of fused-ring (bicyclic) bond motifs is 1. The molecule has 0 saturated carbocycles. The van der Waals surface area contributed by atoms with Gasteiger partial charge in [-0.1, -0.05) is 24.3 Å². The van der Waals surface area contributed by atoms with E-state index in [2.05, 4.69) is 48.7 Å². The average Bonchev–Trinajstić information content (AvgIpc) is 2.50. The molecule has 0 N–H and O–H groups in total. The minimum absolute atomic E-state index is 0.940. The van der Waals surface area contributed by atoms with Crippen LogP contribution in [0.2, 0.25) is 0 Å². The molecule has 0 aliphatic heterocycles. The summed E-state index contributed by atoms with van der Waals surface area (Å²) in [7, 11) is 2.08. The summed E-state index contributed by atoms with van der Waals surface area (Å²) in [6.45, 7) is 3.77. The van der Waals surface area contributed by atoms with Crippen LogP contribution in [-0.2, 0) is 13.5 Å². The molecule has 1 nitrogen and oxygen atoms in total. The molecule has 66 valence electrons. The molecule has 0 bridgehead atoms. The summed E-state index contributed by atoms with van der Waals surface area (Å²) in [5, 5.41) is 1.31. The number of hydrogen-bond donors (Lipinski definition) is 0. The molecule has 13 heavy (non-hydrogen) atoms. The van der Waals surface area contributed by atoms with Crippen LogP contribution in [0.3, 0.4) is 0 Å². The van der Waals surface area contributed by atoms with Crippen LogP contribution in [0.1, 0.15) is 5.56 Å². The molecule has 1 heteroatoms. The third kappa shape index (κ3) is 1.26. The maximum absolute atomic E-state index is 3.77. The van der Waals surface area contributed by atoms with Gasteiger partial charge in [0.2, 0.25) is 0 Å². The minimum Gasteiger partial charge on any atom is -0.350 e. The van der Waals surface area contributed by atoms with E-state index in [-0.39, 0.29) is 0 Å². The van der Waals surface area contributed by atoms with Crippen molar-refractivity contribution >= 4 is 10.9 Å². The highest BCUT2D eigenvalue weighted by molar-refractivity contribution is 5.83. The molecule has 1 heterocycles. The van der Waals surface area contributed by atoms with E-state index >= 15 is 0 Å². The molecule has 2 aromatic rings. The number of nitrogens with zero attached hydrogens (tertiary/aromatic N) is 1. The molecule has 0 unspecified atom stereocenters. The molecule has 1 aromatic carbocycles. The van der Waals surface area contributed by atoms with Crippen LogP contribution in [0.25, 0.3) is 10.9 Å². The van der Waals surface area contributed by atoms with Crippen LogP contribution in [0.4, 0.5) is 0 Å². The standard InChI is InChI=1S/C12H13N/c1-3-5-10-6-4-7-11-8-9-13(2)12(10)11/h3-4,6-9H,1,5H2,2H3. The van der Waals surface area contributed by atoms with E-state index in [0.29, 0.717) is 0 Å². The van der Waals surface area contributed by atoms with Gasteiger partial charge in [0.05, 0.1) is 5.52 Å². The van der Waals surface area contributed by atoms with Gasteiger partial charge in [0.15, 0.2) is 0 Å². The number of aromatic nitrogens is 1. The lowest BCUT2D eigenvalue weighted by Crippen LogP contribution is -1.90. The fraction of sp³-hybridized carbons (Fsp3) is 0.167. The zero-order chi connectivity index (χ0) is 9.26. The molecule has 1 aromatic heterocycles. The zero-order valence-corrected chi connectivity index (χ0v) is 7.83. The first kappa shape index (κ1) is 8.11. The lowest BCUT2D eigenvalue weighted by atomic mass is 10.1. The van der Waals surface area contributed by atoms with Gasteiger partial charge in [-0.3, -0.25) is 0 Å². The number of allylic oxidation sites excluding steroid dienone is 1. The molecule has 0 aliphatic rings. The average molecular weight is 171 g/mol. The maximum Gasteiger partial charge on any atom is 0.0513 e. The fourth-order valence-corrected chi connectivity index (χ4v) is 1.76. The first-order valence-electron chi connectivity index (χ1n) is 4.47.